The molecular weight excluding hydrogens is 869 g/mol. The number of halogens is 2. The van der Waals surface area contributed by atoms with Crippen LogP contribution in [0, 0.1) is 39.3 Å². The largest absolute Gasteiger partial charge is 0.494 e. The molecule has 0 aliphatic carbocycles. The van der Waals surface area contributed by atoms with Gasteiger partial charge in [0.05, 0.1) is 31.7 Å². The Hall–Kier alpha value is -7.54. The fourth-order valence-corrected chi connectivity index (χ4v) is 8.48. The Labute approximate surface area is 383 Å². The number of imidazole rings is 2. The summed E-state index contributed by atoms with van der Waals surface area (Å²) in [5, 5.41) is 27.2. The van der Waals surface area contributed by atoms with Crippen molar-refractivity contribution in [1.82, 2.24) is 44.3 Å². The van der Waals surface area contributed by atoms with E-state index >= 15 is 0 Å². The Morgan fingerprint density at radius 3 is 1.58 bits per heavy atom. The van der Waals surface area contributed by atoms with Crippen molar-refractivity contribution in [2.75, 3.05) is 27.3 Å². The van der Waals surface area contributed by atoms with Crippen LogP contribution >= 0.6 is 0 Å². The van der Waals surface area contributed by atoms with Crippen molar-refractivity contribution < 1.29 is 47.1 Å². The van der Waals surface area contributed by atoms with Gasteiger partial charge < -0.3 is 42.8 Å². The number of aliphatic hydroxyl groups excluding tert-OH is 1. The lowest BCUT2D eigenvalue weighted by Crippen LogP contribution is -2.33. The number of hydrogen-bond acceptors (Lipinski definition) is 13. The van der Waals surface area contributed by atoms with Gasteiger partial charge in [0.2, 0.25) is 5.91 Å². The molecular formula is C48H49F2N9O8. The van der Waals surface area contributed by atoms with Crippen LogP contribution < -0.4 is 9.47 Å². The first kappa shape index (κ1) is 46.0. The molecule has 67 heavy (non-hydrogen) atoms. The minimum Gasteiger partial charge on any atom is -0.494 e. The fourth-order valence-electron chi connectivity index (χ4n) is 8.48. The van der Waals surface area contributed by atoms with Gasteiger partial charge in [-0.15, -0.1) is 0 Å². The summed E-state index contributed by atoms with van der Waals surface area (Å²) < 4.78 is 52.1. The number of aliphatic carboxylic acids is 1. The van der Waals surface area contributed by atoms with Gasteiger partial charge in [0.15, 0.2) is 34.4 Å². The summed E-state index contributed by atoms with van der Waals surface area (Å²) in [6.07, 6.45) is 5.41. The smallest absolute Gasteiger partial charge is 0.323 e. The lowest BCUT2D eigenvalue weighted by molar-refractivity contribution is -0.137. The number of aromatic nitrogens is 8. The van der Waals surface area contributed by atoms with Crippen LogP contribution in [0.15, 0.2) is 70.0 Å². The van der Waals surface area contributed by atoms with Crippen molar-refractivity contribution in [3.8, 4) is 33.8 Å². The topological polar surface area (TPSA) is 210 Å². The Morgan fingerprint density at radius 1 is 0.716 bits per heavy atom. The molecule has 19 heteroatoms. The number of carboxylic acids is 1. The predicted molar refractivity (Wildman–Crippen MR) is 241 cm³/mol. The summed E-state index contributed by atoms with van der Waals surface area (Å²) in [5.74, 6) is 1.03. The second-order valence-electron chi connectivity index (χ2n) is 16.4. The number of methoxy groups -OCH3 is 2. The van der Waals surface area contributed by atoms with Crippen molar-refractivity contribution in [2.24, 2.45) is 0 Å². The highest BCUT2D eigenvalue weighted by Crippen LogP contribution is 2.31. The number of hydrogen-bond donors (Lipinski definition) is 2. The number of nitrogens with zero attached hydrogens (tertiary/aromatic N) is 9. The Bertz CT molecular complexity index is 3080. The van der Waals surface area contributed by atoms with E-state index in [4.69, 9.17) is 23.5 Å². The van der Waals surface area contributed by atoms with Gasteiger partial charge in [-0.2, -0.15) is 0 Å². The standard InChI is InChI=1S/C26H28FN5O4.C22H21FN4O4/c1-15-25(16(2)36-30-15)18-11-21-26(28-12-18)32(14-24(34)31-9-8-19(33)13-31)23(29-21)7-5-17-4-6-22(35-3)20(27)10-17;1-12-21(13(2)31-26-12)15-9-17-22(24-10-15)27(11-20(28)29)19(25-17)7-5-14-4-6-18(30-3)16(23)8-14/h4,6,10-12,19,33H,5,7-9,13-14H2,1-3H3;4,6,8-10H,5,7,11H2,1-3H3,(H,28,29). The van der Waals surface area contributed by atoms with Gasteiger partial charge in [-0.3, -0.25) is 9.59 Å². The number of carbonyl (C=O) groups is 2. The molecule has 0 saturated carbocycles. The zero-order valence-corrected chi connectivity index (χ0v) is 37.8. The number of amides is 1. The summed E-state index contributed by atoms with van der Waals surface area (Å²) in [4.78, 5) is 44.7. The van der Waals surface area contributed by atoms with Gasteiger partial charge in [-0.1, -0.05) is 22.4 Å². The number of aryl methyl sites for hydroxylation is 8. The third-order valence-electron chi connectivity index (χ3n) is 11.8. The van der Waals surface area contributed by atoms with Gasteiger partial charge in [0.25, 0.3) is 0 Å². The molecule has 6 aromatic heterocycles. The Morgan fingerprint density at radius 2 is 1.19 bits per heavy atom. The number of benzene rings is 2. The van der Waals surface area contributed by atoms with E-state index in [1.165, 1.54) is 26.4 Å². The number of carbonyl (C=O) groups excluding carboxylic acids is 1. The van der Waals surface area contributed by atoms with E-state index in [9.17, 15) is 28.6 Å². The molecule has 1 aliphatic heterocycles. The van der Waals surface area contributed by atoms with Crippen molar-refractivity contribution in [2.45, 2.75) is 79.0 Å². The van der Waals surface area contributed by atoms with Gasteiger partial charge >= 0.3 is 5.97 Å². The van der Waals surface area contributed by atoms with Crippen LogP contribution in [-0.2, 0) is 48.4 Å². The molecule has 1 atom stereocenters. The molecule has 1 unspecified atom stereocenters. The average molecular weight is 918 g/mol. The SMILES string of the molecule is COc1ccc(CCc2nc3cc(-c4c(C)noc4C)cnc3n2CC(=O)N2CCC(O)C2)cc1F.COc1ccc(CCc2nc3cc(-c4c(C)noc4C)cnc3n2CC(=O)O)cc1F. The normalized spacial score (nSPS) is 13.6. The molecule has 9 rings (SSSR count). The number of aliphatic hydroxyl groups is 1. The summed E-state index contributed by atoms with van der Waals surface area (Å²) in [7, 11) is 2.84. The first-order valence-corrected chi connectivity index (χ1v) is 21.6. The van der Waals surface area contributed by atoms with E-state index < -0.39 is 23.7 Å². The number of likely N-dealkylation sites (tertiary alicyclic amines) is 1. The number of carboxylic acid groups (broad SMARTS) is 1. The molecule has 1 saturated heterocycles. The number of β-amino-alcohol motifs (C(OH)–C–C–N with tert-alkyl or cyclic N) is 1. The molecule has 1 fully saturated rings. The van der Waals surface area contributed by atoms with Crippen LogP contribution in [0.4, 0.5) is 8.78 Å². The minimum atomic E-state index is -0.993. The van der Waals surface area contributed by atoms with Crippen LogP contribution in [0.25, 0.3) is 44.6 Å². The number of pyridine rings is 2. The predicted octanol–water partition coefficient (Wildman–Crippen LogP) is 6.95. The highest BCUT2D eigenvalue weighted by Gasteiger charge is 2.27. The highest BCUT2D eigenvalue weighted by atomic mass is 19.1. The van der Waals surface area contributed by atoms with Gasteiger partial charge in [0.1, 0.15) is 47.3 Å². The van der Waals surface area contributed by atoms with Crippen LogP contribution in [0.2, 0.25) is 0 Å². The van der Waals surface area contributed by atoms with Gasteiger partial charge in [-0.05, 0) is 94.5 Å². The molecule has 1 amide bonds. The molecule has 2 N–H and O–H groups in total. The quantitative estimate of drug-likeness (QED) is 0.113. The third kappa shape index (κ3) is 9.86. The zero-order chi connectivity index (χ0) is 47.5. The lowest BCUT2D eigenvalue weighted by Gasteiger charge is -2.17. The molecule has 1 aliphatic rings. The van der Waals surface area contributed by atoms with Crippen molar-refractivity contribution in [3.63, 3.8) is 0 Å². The van der Waals surface area contributed by atoms with Crippen molar-refractivity contribution >= 4 is 34.2 Å². The Balaban J connectivity index is 0.000000184. The van der Waals surface area contributed by atoms with Crippen LogP contribution in [-0.4, -0.2) is 99.8 Å². The van der Waals surface area contributed by atoms with E-state index in [-0.39, 0.29) is 30.5 Å². The van der Waals surface area contributed by atoms with Crippen LogP contribution in [0.5, 0.6) is 11.5 Å². The summed E-state index contributed by atoms with van der Waals surface area (Å²) in [6.45, 7) is 8.04. The molecule has 348 valence electrons. The molecule has 8 aromatic rings. The average Bonchev–Trinajstić information content (AvgIpc) is 4.13. The minimum absolute atomic E-state index is 0.0627. The van der Waals surface area contributed by atoms with Crippen molar-refractivity contribution in [1.29, 1.82) is 0 Å². The molecule has 2 aromatic carbocycles. The third-order valence-corrected chi connectivity index (χ3v) is 11.8. The molecule has 0 spiro atoms. The van der Waals surface area contributed by atoms with E-state index in [0.29, 0.717) is 90.7 Å². The number of ether oxygens (including phenoxy) is 2. The van der Waals surface area contributed by atoms with Gasteiger partial charge in [0, 0.05) is 60.6 Å². The van der Waals surface area contributed by atoms with Crippen LogP contribution in [0.1, 0.15) is 52.1 Å². The maximum atomic E-state index is 14.2. The highest BCUT2D eigenvalue weighted by molar-refractivity contribution is 5.83. The second-order valence-corrected chi connectivity index (χ2v) is 16.4. The van der Waals surface area contributed by atoms with E-state index in [2.05, 4.69) is 25.3 Å². The lowest BCUT2D eigenvalue weighted by atomic mass is 10.1. The van der Waals surface area contributed by atoms with E-state index in [1.54, 1.807) is 40.1 Å². The fraction of sp³-hybridized carbons (Fsp3) is 0.333. The molecule has 7 heterocycles. The summed E-state index contributed by atoms with van der Waals surface area (Å²) >= 11 is 0. The van der Waals surface area contributed by atoms with E-state index in [0.717, 1.165) is 44.8 Å². The molecule has 0 bridgehead atoms. The maximum Gasteiger partial charge on any atom is 0.323 e. The first-order valence-electron chi connectivity index (χ1n) is 21.6. The summed E-state index contributed by atoms with van der Waals surface area (Å²) in [6, 6.07) is 13.4. The summed E-state index contributed by atoms with van der Waals surface area (Å²) in [5.41, 5.74) is 8.71. The first-order chi connectivity index (χ1) is 32.2. The van der Waals surface area contributed by atoms with Crippen molar-refractivity contribution in [3.05, 3.63) is 118 Å². The maximum absolute atomic E-state index is 14.2. The second kappa shape index (κ2) is 19.5. The number of fused-ring (bicyclic) bond motifs is 2. The zero-order valence-electron chi connectivity index (χ0n) is 37.8. The Kier molecular flexibility index (Phi) is 13.4. The van der Waals surface area contributed by atoms with Crippen LogP contribution in [0.3, 0.4) is 0 Å². The monoisotopic (exact) mass is 917 g/mol. The molecule has 17 nitrogen and oxygen atoms in total. The van der Waals surface area contributed by atoms with E-state index in [1.807, 2.05) is 50.5 Å². The number of rotatable bonds is 14. The molecule has 0 radical (unpaired) electrons. The van der Waals surface area contributed by atoms with Gasteiger partial charge in [-0.25, -0.2) is 28.7 Å².